The summed E-state index contributed by atoms with van der Waals surface area (Å²) in [6, 6.07) is 9.51. The molecule has 6 heteroatoms. The van der Waals surface area contributed by atoms with Gasteiger partial charge in [-0.2, -0.15) is 4.98 Å². The Hall–Kier alpha value is -1.95. The van der Waals surface area contributed by atoms with Crippen molar-refractivity contribution >= 4 is 9.84 Å². The average molecular weight is 264 g/mol. The summed E-state index contributed by atoms with van der Waals surface area (Å²) in [4.78, 5) is 14.7. The molecule has 2 aromatic rings. The molecule has 1 aromatic carbocycles. The highest BCUT2D eigenvalue weighted by Crippen LogP contribution is 2.04. The Morgan fingerprint density at radius 2 is 1.89 bits per heavy atom. The fourth-order valence-electron chi connectivity index (χ4n) is 1.56. The third-order valence-corrected chi connectivity index (χ3v) is 3.50. The highest BCUT2D eigenvalue weighted by Gasteiger charge is 2.13. The molecule has 0 unspecified atom stereocenters. The lowest BCUT2D eigenvalue weighted by molar-refractivity contribution is 0.597. The molecule has 0 N–H and O–H groups in total. The lowest BCUT2D eigenvalue weighted by Gasteiger charge is -2.07. The molecule has 0 bridgehead atoms. The minimum Gasteiger partial charge on any atom is -0.333 e. The van der Waals surface area contributed by atoms with Crippen molar-refractivity contribution in [3.63, 3.8) is 0 Å². The van der Waals surface area contributed by atoms with E-state index in [2.05, 4.69) is 4.98 Å². The predicted octanol–water partition coefficient (Wildman–Crippen LogP) is 0.695. The van der Waals surface area contributed by atoms with Crippen LogP contribution in [0.2, 0.25) is 0 Å². The summed E-state index contributed by atoms with van der Waals surface area (Å²) in [5, 5.41) is 0. The number of aromatic nitrogens is 2. The third kappa shape index (κ3) is 2.84. The van der Waals surface area contributed by atoms with Gasteiger partial charge in [0.2, 0.25) is 0 Å². The van der Waals surface area contributed by atoms with Crippen LogP contribution in [0.1, 0.15) is 5.56 Å². The van der Waals surface area contributed by atoms with Crippen LogP contribution < -0.4 is 5.56 Å². The third-order valence-electron chi connectivity index (χ3n) is 2.42. The standard InChI is InChI=1S/C12H12N2O3S/c1-18(16,17)11-8-14(9-13-12(11)15)7-10-5-3-2-4-6-10/h2-6,8-9H,7H2,1H3. The molecule has 5 nitrogen and oxygen atoms in total. The normalized spacial score (nSPS) is 11.4. The van der Waals surface area contributed by atoms with E-state index < -0.39 is 15.4 Å². The number of nitrogens with zero attached hydrogens (tertiary/aromatic N) is 2. The first-order valence-electron chi connectivity index (χ1n) is 5.27. The van der Waals surface area contributed by atoms with E-state index >= 15 is 0 Å². The highest BCUT2D eigenvalue weighted by atomic mass is 32.2. The van der Waals surface area contributed by atoms with E-state index in [1.54, 1.807) is 4.57 Å². The Balaban J connectivity index is 2.40. The number of rotatable bonds is 3. The molecule has 2 rings (SSSR count). The summed E-state index contributed by atoms with van der Waals surface area (Å²) < 4.78 is 24.4. The van der Waals surface area contributed by atoms with Crippen LogP contribution in [0.25, 0.3) is 0 Å². The van der Waals surface area contributed by atoms with E-state index in [1.165, 1.54) is 12.5 Å². The highest BCUT2D eigenvalue weighted by molar-refractivity contribution is 7.90. The molecule has 1 aromatic heterocycles. The molecule has 0 spiro atoms. The van der Waals surface area contributed by atoms with Crippen LogP contribution in [0.4, 0.5) is 0 Å². The van der Waals surface area contributed by atoms with Crippen LogP contribution >= 0.6 is 0 Å². The molecule has 18 heavy (non-hydrogen) atoms. The largest absolute Gasteiger partial charge is 0.333 e. The zero-order valence-corrected chi connectivity index (χ0v) is 10.6. The van der Waals surface area contributed by atoms with Crippen LogP contribution in [-0.2, 0) is 16.4 Å². The molecule has 0 aliphatic heterocycles. The first-order chi connectivity index (χ1) is 8.47. The maximum absolute atomic E-state index is 11.4. The van der Waals surface area contributed by atoms with Gasteiger partial charge in [-0.25, -0.2) is 8.42 Å². The van der Waals surface area contributed by atoms with Gasteiger partial charge in [0, 0.05) is 19.0 Å². The second kappa shape index (κ2) is 4.73. The fourth-order valence-corrected chi connectivity index (χ4v) is 2.26. The summed E-state index contributed by atoms with van der Waals surface area (Å²) in [5.74, 6) is 0. The van der Waals surface area contributed by atoms with Gasteiger partial charge in [0.25, 0.3) is 5.56 Å². The molecule has 94 valence electrons. The topological polar surface area (TPSA) is 69.0 Å². The first-order valence-corrected chi connectivity index (χ1v) is 7.16. The maximum atomic E-state index is 11.4. The van der Waals surface area contributed by atoms with Gasteiger partial charge in [-0.3, -0.25) is 4.79 Å². The maximum Gasteiger partial charge on any atom is 0.291 e. The van der Waals surface area contributed by atoms with Gasteiger partial charge >= 0.3 is 0 Å². The lowest BCUT2D eigenvalue weighted by atomic mass is 10.2. The van der Waals surface area contributed by atoms with E-state index in [0.717, 1.165) is 11.8 Å². The second-order valence-electron chi connectivity index (χ2n) is 3.97. The van der Waals surface area contributed by atoms with E-state index in [4.69, 9.17) is 0 Å². The molecule has 0 aliphatic carbocycles. The van der Waals surface area contributed by atoms with Crippen molar-refractivity contribution in [3.05, 3.63) is 58.8 Å². The van der Waals surface area contributed by atoms with E-state index in [-0.39, 0.29) is 4.90 Å². The van der Waals surface area contributed by atoms with Crippen LogP contribution in [0.5, 0.6) is 0 Å². The quantitative estimate of drug-likeness (QED) is 0.818. The molecule has 1 heterocycles. The van der Waals surface area contributed by atoms with Gasteiger partial charge in [0.15, 0.2) is 9.84 Å². The summed E-state index contributed by atoms with van der Waals surface area (Å²) in [5.41, 5.74) is 0.282. The van der Waals surface area contributed by atoms with Gasteiger partial charge in [0.1, 0.15) is 4.90 Å². The van der Waals surface area contributed by atoms with E-state index in [9.17, 15) is 13.2 Å². The van der Waals surface area contributed by atoms with Crippen molar-refractivity contribution in [1.82, 2.24) is 9.55 Å². The molecule has 0 atom stereocenters. The van der Waals surface area contributed by atoms with Crippen LogP contribution in [0, 0.1) is 0 Å². The molecule has 0 radical (unpaired) electrons. The summed E-state index contributed by atoms with van der Waals surface area (Å²) in [6.07, 6.45) is 3.65. The van der Waals surface area contributed by atoms with Crippen molar-refractivity contribution in [2.45, 2.75) is 11.4 Å². The van der Waals surface area contributed by atoms with Crippen molar-refractivity contribution < 1.29 is 8.42 Å². The van der Waals surface area contributed by atoms with Crippen molar-refractivity contribution in [2.75, 3.05) is 6.26 Å². The smallest absolute Gasteiger partial charge is 0.291 e. The van der Waals surface area contributed by atoms with Gasteiger partial charge in [0.05, 0.1) is 6.33 Å². The molecular formula is C12H12N2O3S. The molecule has 0 aliphatic rings. The second-order valence-corrected chi connectivity index (χ2v) is 5.96. The number of hydrogen-bond donors (Lipinski definition) is 0. The number of benzene rings is 1. The number of sulfone groups is 1. The molecular weight excluding hydrogens is 252 g/mol. The zero-order chi connectivity index (χ0) is 13.2. The number of hydrogen-bond acceptors (Lipinski definition) is 4. The van der Waals surface area contributed by atoms with E-state index in [0.29, 0.717) is 6.54 Å². The van der Waals surface area contributed by atoms with Gasteiger partial charge in [-0.05, 0) is 5.56 Å². The molecule has 0 fully saturated rings. The lowest BCUT2D eigenvalue weighted by Crippen LogP contribution is -2.19. The van der Waals surface area contributed by atoms with Gasteiger partial charge in [-0.15, -0.1) is 0 Å². The van der Waals surface area contributed by atoms with Crippen LogP contribution in [-0.4, -0.2) is 24.2 Å². The summed E-state index contributed by atoms with van der Waals surface area (Å²) >= 11 is 0. The minimum atomic E-state index is -3.54. The Kier molecular flexibility index (Phi) is 3.29. The molecule has 0 saturated heterocycles. The summed E-state index contributed by atoms with van der Waals surface area (Å²) in [7, 11) is -3.54. The minimum absolute atomic E-state index is 0.277. The Labute approximate surface area is 105 Å². The van der Waals surface area contributed by atoms with Gasteiger partial charge < -0.3 is 4.57 Å². The molecule has 0 amide bonds. The van der Waals surface area contributed by atoms with E-state index in [1.807, 2.05) is 30.3 Å². The van der Waals surface area contributed by atoms with Crippen molar-refractivity contribution in [3.8, 4) is 0 Å². The Bertz CT molecular complexity index is 706. The SMILES string of the molecule is CS(=O)(=O)c1cn(Cc2ccccc2)cnc1=O. The van der Waals surface area contributed by atoms with Crippen molar-refractivity contribution in [1.29, 1.82) is 0 Å². The van der Waals surface area contributed by atoms with Gasteiger partial charge in [-0.1, -0.05) is 30.3 Å². The van der Waals surface area contributed by atoms with Crippen LogP contribution in [0.3, 0.4) is 0 Å². The molecule has 0 saturated carbocycles. The zero-order valence-electron chi connectivity index (χ0n) is 9.78. The fraction of sp³-hybridized carbons (Fsp3) is 0.167. The monoisotopic (exact) mass is 264 g/mol. The van der Waals surface area contributed by atoms with Crippen molar-refractivity contribution in [2.24, 2.45) is 0 Å². The Morgan fingerprint density at radius 1 is 1.22 bits per heavy atom. The predicted molar refractivity (Wildman–Crippen MR) is 67.2 cm³/mol. The average Bonchev–Trinajstić information content (AvgIpc) is 2.31. The summed E-state index contributed by atoms with van der Waals surface area (Å²) in [6.45, 7) is 0.469. The first kappa shape index (κ1) is 12.5. The Morgan fingerprint density at radius 3 is 2.50 bits per heavy atom. The van der Waals surface area contributed by atoms with Crippen LogP contribution in [0.15, 0.2) is 52.5 Å².